The van der Waals surface area contributed by atoms with E-state index in [-0.39, 0.29) is 10.0 Å². The van der Waals surface area contributed by atoms with Crippen molar-refractivity contribution in [1.29, 1.82) is 0 Å². The van der Waals surface area contributed by atoms with E-state index >= 15 is 0 Å². The normalized spacial score (nSPS) is 12.5. The van der Waals surface area contributed by atoms with Crippen molar-refractivity contribution in [3.05, 3.63) is 67.2 Å². The van der Waals surface area contributed by atoms with Gasteiger partial charge in [0.2, 0.25) is 0 Å². The van der Waals surface area contributed by atoms with Crippen LogP contribution in [0.5, 0.6) is 0 Å². The van der Waals surface area contributed by atoms with E-state index in [2.05, 4.69) is 38.5 Å². The van der Waals surface area contributed by atoms with Gasteiger partial charge in [0.1, 0.15) is 11.6 Å². The fraction of sp³-hybridized carbons (Fsp3) is 0.0769. The lowest BCUT2D eigenvalue weighted by atomic mass is 9.99. The van der Waals surface area contributed by atoms with Crippen LogP contribution in [0.2, 0.25) is 0 Å². The first-order chi connectivity index (χ1) is 8.52. The standard InChI is InChI=1S/C13H9BrF2IN/c14-8-5-6-9(15)11(12(8)16)13(18)7-3-1-2-4-10(7)17/h1-6,13H,18H2. The van der Waals surface area contributed by atoms with Crippen LogP contribution in [0, 0.1) is 15.2 Å². The van der Waals surface area contributed by atoms with Gasteiger partial charge in [-0.05, 0) is 62.3 Å². The van der Waals surface area contributed by atoms with Crippen molar-refractivity contribution >= 4 is 38.5 Å². The van der Waals surface area contributed by atoms with Gasteiger partial charge in [-0.3, -0.25) is 0 Å². The Hall–Kier alpha value is -0.530. The topological polar surface area (TPSA) is 26.0 Å². The first-order valence-electron chi connectivity index (χ1n) is 5.15. The monoisotopic (exact) mass is 423 g/mol. The Bertz CT molecular complexity index is 589. The molecule has 0 saturated heterocycles. The highest BCUT2D eigenvalue weighted by atomic mass is 127. The third-order valence-electron chi connectivity index (χ3n) is 2.63. The van der Waals surface area contributed by atoms with Gasteiger partial charge in [0.25, 0.3) is 0 Å². The third kappa shape index (κ3) is 2.57. The molecule has 1 unspecified atom stereocenters. The maximum atomic E-state index is 14.0. The number of halogens is 4. The van der Waals surface area contributed by atoms with Crippen LogP contribution in [0.4, 0.5) is 8.78 Å². The van der Waals surface area contributed by atoms with Gasteiger partial charge in [-0.2, -0.15) is 0 Å². The van der Waals surface area contributed by atoms with Gasteiger partial charge in [0.05, 0.1) is 10.5 Å². The molecular weight excluding hydrogens is 415 g/mol. The lowest BCUT2D eigenvalue weighted by molar-refractivity contribution is 0.539. The molecule has 18 heavy (non-hydrogen) atoms. The largest absolute Gasteiger partial charge is 0.320 e. The lowest BCUT2D eigenvalue weighted by Gasteiger charge is -2.16. The predicted octanol–water partition coefficient (Wildman–Crippen LogP) is 4.38. The number of rotatable bonds is 2. The van der Waals surface area contributed by atoms with Gasteiger partial charge in [0, 0.05) is 9.13 Å². The van der Waals surface area contributed by atoms with Crippen molar-refractivity contribution in [3.8, 4) is 0 Å². The Balaban J connectivity index is 2.56. The van der Waals surface area contributed by atoms with Crippen molar-refractivity contribution in [2.24, 2.45) is 5.73 Å². The molecule has 5 heteroatoms. The highest BCUT2D eigenvalue weighted by molar-refractivity contribution is 14.1. The molecular formula is C13H9BrF2IN. The van der Waals surface area contributed by atoms with E-state index in [1.165, 1.54) is 12.1 Å². The fourth-order valence-corrected chi connectivity index (χ4v) is 2.78. The van der Waals surface area contributed by atoms with Crippen LogP contribution in [-0.4, -0.2) is 0 Å². The Morgan fingerprint density at radius 2 is 1.78 bits per heavy atom. The summed E-state index contributed by atoms with van der Waals surface area (Å²) in [7, 11) is 0. The summed E-state index contributed by atoms with van der Waals surface area (Å²) in [6.07, 6.45) is 0. The van der Waals surface area contributed by atoms with Crippen LogP contribution >= 0.6 is 38.5 Å². The van der Waals surface area contributed by atoms with Crippen molar-refractivity contribution in [1.82, 2.24) is 0 Å². The van der Waals surface area contributed by atoms with Gasteiger partial charge in [-0.25, -0.2) is 8.78 Å². The van der Waals surface area contributed by atoms with Gasteiger partial charge in [-0.1, -0.05) is 18.2 Å². The molecule has 2 aromatic carbocycles. The molecule has 0 fully saturated rings. The molecule has 0 heterocycles. The van der Waals surface area contributed by atoms with Crippen LogP contribution in [0.3, 0.4) is 0 Å². The summed E-state index contributed by atoms with van der Waals surface area (Å²) in [6.45, 7) is 0. The summed E-state index contributed by atoms with van der Waals surface area (Å²) >= 11 is 5.14. The van der Waals surface area contributed by atoms with Crippen LogP contribution in [-0.2, 0) is 0 Å². The van der Waals surface area contributed by atoms with E-state index in [0.717, 1.165) is 3.57 Å². The van der Waals surface area contributed by atoms with Crippen LogP contribution in [0.25, 0.3) is 0 Å². The smallest absolute Gasteiger partial charge is 0.145 e. The SMILES string of the molecule is NC(c1ccccc1I)c1c(F)ccc(Br)c1F. The Labute approximate surface area is 126 Å². The molecule has 0 aliphatic heterocycles. The van der Waals surface area contributed by atoms with E-state index in [0.29, 0.717) is 5.56 Å². The second kappa shape index (κ2) is 5.63. The molecule has 1 nitrogen and oxygen atoms in total. The highest BCUT2D eigenvalue weighted by Gasteiger charge is 2.21. The van der Waals surface area contributed by atoms with E-state index in [1.54, 1.807) is 12.1 Å². The summed E-state index contributed by atoms with van der Waals surface area (Å²) in [5.74, 6) is -1.29. The molecule has 2 rings (SSSR count). The number of nitrogens with two attached hydrogens (primary N) is 1. The Morgan fingerprint density at radius 3 is 2.44 bits per heavy atom. The number of hydrogen-bond donors (Lipinski definition) is 1. The Kier molecular flexibility index (Phi) is 4.34. The molecule has 0 radical (unpaired) electrons. The molecule has 2 aromatic rings. The van der Waals surface area contributed by atoms with E-state index < -0.39 is 17.7 Å². The molecule has 0 amide bonds. The third-order valence-corrected chi connectivity index (χ3v) is 4.23. The van der Waals surface area contributed by atoms with Gasteiger partial charge < -0.3 is 5.73 Å². The summed E-state index contributed by atoms with van der Waals surface area (Å²) in [6, 6.07) is 8.98. The predicted molar refractivity (Wildman–Crippen MR) is 79.2 cm³/mol. The number of hydrogen-bond acceptors (Lipinski definition) is 1. The minimum Gasteiger partial charge on any atom is -0.320 e. The molecule has 2 N–H and O–H groups in total. The summed E-state index contributed by atoms with van der Waals surface area (Å²) in [5.41, 5.74) is 6.57. The zero-order valence-electron chi connectivity index (χ0n) is 9.13. The highest BCUT2D eigenvalue weighted by Crippen LogP contribution is 2.31. The second-order valence-electron chi connectivity index (χ2n) is 3.76. The zero-order valence-corrected chi connectivity index (χ0v) is 12.9. The van der Waals surface area contributed by atoms with Crippen molar-refractivity contribution < 1.29 is 8.78 Å². The van der Waals surface area contributed by atoms with Crippen LogP contribution in [0.15, 0.2) is 40.9 Å². The summed E-state index contributed by atoms with van der Waals surface area (Å²) < 4.78 is 28.8. The molecule has 0 spiro atoms. The molecule has 0 aromatic heterocycles. The summed E-state index contributed by atoms with van der Waals surface area (Å²) in [5, 5.41) is 0. The van der Waals surface area contributed by atoms with Crippen molar-refractivity contribution in [2.75, 3.05) is 0 Å². The van der Waals surface area contributed by atoms with Gasteiger partial charge in [0.15, 0.2) is 0 Å². The van der Waals surface area contributed by atoms with Gasteiger partial charge >= 0.3 is 0 Å². The maximum Gasteiger partial charge on any atom is 0.145 e. The second-order valence-corrected chi connectivity index (χ2v) is 5.77. The summed E-state index contributed by atoms with van der Waals surface area (Å²) in [4.78, 5) is 0. The first-order valence-corrected chi connectivity index (χ1v) is 7.03. The van der Waals surface area contributed by atoms with Gasteiger partial charge in [-0.15, -0.1) is 0 Å². The van der Waals surface area contributed by atoms with E-state index in [4.69, 9.17) is 5.73 Å². The Morgan fingerprint density at radius 1 is 1.11 bits per heavy atom. The fourth-order valence-electron chi connectivity index (χ4n) is 1.71. The van der Waals surface area contributed by atoms with Crippen LogP contribution < -0.4 is 5.73 Å². The maximum absolute atomic E-state index is 14.0. The van der Waals surface area contributed by atoms with Crippen molar-refractivity contribution in [3.63, 3.8) is 0 Å². The minimum atomic E-state index is -0.824. The molecule has 0 bridgehead atoms. The first kappa shape index (κ1) is 13.9. The average molecular weight is 424 g/mol. The average Bonchev–Trinajstić information content (AvgIpc) is 2.35. The quantitative estimate of drug-likeness (QED) is 0.563. The molecule has 94 valence electrons. The van der Waals surface area contributed by atoms with Crippen LogP contribution in [0.1, 0.15) is 17.2 Å². The molecule has 0 aliphatic carbocycles. The number of benzene rings is 2. The van der Waals surface area contributed by atoms with E-state index in [1.807, 2.05) is 12.1 Å². The molecule has 0 saturated carbocycles. The lowest BCUT2D eigenvalue weighted by Crippen LogP contribution is -2.17. The van der Waals surface area contributed by atoms with E-state index in [9.17, 15) is 8.78 Å². The zero-order chi connectivity index (χ0) is 13.3. The molecule has 0 aliphatic rings. The molecule has 1 atom stereocenters. The van der Waals surface area contributed by atoms with Crippen molar-refractivity contribution in [2.45, 2.75) is 6.04 Å². The minimum absolute atomic E-state index is 0.117.